The number of para-hydroxylation sites is 2. The van der Waals surface area contributed by atoms with E-state index in [1.807, 2.05) is 66.4 Å². The lowest BCUT2D eigenvalue weighted by Gasteiger charge is -2.23. The molecule has 1 aromatic carbocycles. The highest BCUT2D eigenvalue weighted by molar-refractivity contribution is 7.10. The summed E-state index contributed by atoms with van der Waals surface area (Å²) in [6.07, 6.45) is 1.80. The molecule has 0 unspecified atom stereocenters. The van der Waals surface area contributed by atoms with Gasteiger partial charge in [0.05, 0.1) is 35.6 Å². The van der Waals surface area contributed by atoms with Gasteiger partial charge in [-0.15, -0.1) is 11.3 Å². The summed E-state index contributed by atoms with van der Waals surface area (Å²) in [6, 6.07) is 13.8. The first-order chi connectivity index (χ1) is 12.6. The van der Waals surface area contributed by atoms with E-state index in [1.165, 1.54) is 0 Å². The quantitative estimate of drug-likeness (QED) is 0.586. The van der Waals surface area contributed by atoms with Crippen LogP contribution in [0.4, 0.5) is 0 Å². The number of imidazole rings is 1. The summed E-state index contributed by atoms with van der Waals surface area (Å²) in [5.74, 6) is -0.0936. The number of benzene rings is 1. The largest absolute Gasteiger partial charge is 0.333 e. The van der Waals surface area contributed by atoms with Crippen LogP contribution in [0.2, 0.25) is 0 Å². The summed E-state index contributed by atoms with van der Waals surface area (Å²) in [4.78, 5) is 20.0. The van der Waals surface area contributed by atoms with Gasteiger partial charge in [-0.1, -0.05) is 18.2 Å². The minimum Gasteiger partial charge on any atom is -0.333 e. The van der Waals surface area contributed by atoms with Crippen molar-refractivity contribution in [2.24, 2.45) is 0 Å². The van der Waals surface area contributed by atoms with Crippen molar-refractivity contribution in [3.8, 4) is 0 Å². The maximum Gasteiger partial charge on any atom is 0.274 e. The van der Waals surface area contributed by atoms with Crippen molar-refractivity contribution in [1.29, 1.82) is 0 Å². The Labute approximate surface area is 155 Å². The first-order valence-corrected chi connectivity index (χ1v) is 9.26. The van der Waals surface area contributed by atoms with Crippen LogP contribution in [-0.2, 0) is 6.54 Å². The smallest absolute Gasteiger partial charge is 0.274 e. The average molecular weight is 365 g/mol. The predicted molar refractivity (Wildman–Crippen MR) is 102 cm³/mol. The Hall–Kier alpha value is -2.93. The number of aromatic amines is 1. The summed E-state index contributed by atoms with van der Waals surface area (Å²) in [7, 11) is 1.81. The molecule has 4 aromatic rings. The topological polar surface area (TPSA) is 66.8 Å². The lowest BCUT2D eigenvalue weighted by Crippen LogP contribution is -2.29. The van der Waals surface area contributed by atoms with E-state index in [1.54, 1.807) is 22.6 Å². The van der Waals surface area contributed by atoms with Crippen molar-refractivity contribution in [2.75, 3.05) is 7.05 Å². The van der Waals surface area contributed by atoms with Crippen molar-refractivity contribution in [3.05, 3.63) is 70.4 Å². The molecule has 26 heavy (non-hydrogen) atoms. The minimum absolute atomic E-state index is 0.0141. The predicted octanol–water partition coefficient (Wildman–Crippen LogP) is 3.70. The Kier molecular flexibility index (Phi) is 4.30. The van der Waals surface area contributed by atoms with E-state index in [4.69, 9.17) is 0 Å². The molecule has 1 atom stereocenters. The van der Waals surface area contributed by atoms with Gasteiger partial charge < -0.3 is 9.47 Å². The molecule has 0 radical (unpaired) electrons. The fraction of sp³-hybridized carbons (Fsp3) is 0.211. The number of carbonyl (C=O) groups excluding carboxylic acids is 1. The molecule has 0 aliphatic heterocycles. The van der Waals surface area contributed by atoms with Gasteiger partial charge in [-0.3, -0.25) is 9.89 Å². The second-order valence-electron chi connectivity index (χ2n) is 6.25. The van der Waals surface area contributed by atoms with Crippen molar-refractivity contribution in [2.45, 2.75) is 19.5 Å². The van der Waals surface area contributed by atoms with Gasteiger partial charge in [0.2, 0.25) is 0 Å². The number of amides is 1. The van der Waals surface area contributed by atoms with E-state index in [2.05, 4.69) is 15.2 Å². The van der Waals surface area contributed by atoms with Gasteiger partial charge in [-0.05, 0) is 36.6 Å². The highest BCUT2D eigenvalue weighted by Crippen LogP contribution is 2.24. The van der Waals surface area contributed by atoms with Crippen LogP contribution in [0.5, 0.6) is 0 Å². The lowest BCUT2D eigenvalue weighted by atomic mass is 10.2. The molecule has 0 aliphatic carbocycles. The molecule has 0 bridgehead atoms. The zero-order valence-corrected chi connectivity index (χ0v) is 15.4. The lowest BCUT2D eigenvalue weighted by molar-refractivity contribution is 0.0739. The number of H-pyrrole nitrogens is 1. The molecule has 0 fully saturated rings. The molecule has 1 amide bonds. The molecule has 132 valence electrons. The standard InChI is InChI=1S/C19H19N5OS/c1-13(18-8-5-9-26-18)23(2)19(25)16-10-14(21-22-16)11-24-12-20-15-6-3-4-7-17(15)24/h3-10,12-13H,11H2,1-2H3,(H,21,22)/t13-/m1/s1. The number of hydrogen-bond acceptors (Lipinski definition) is 4. The van der Waals surface area contributed by atoms with Crippen LogP contribution in [-0.4, -0.2) is 37.6 Å². The summed E-state index contributed by atoms with van der Waals surface area (Å²) in [5.41, 5.74) is 3.30. The molecule has 3 heterocycles. The molecule has 7 heteroatoms. The molecule has 0 saturated heterocycles. The number of rotatable bonds is 5. The summed E-state index contributed by atoms with van der Waals surface area (Å²) < 4.78 is 2.04. The summed E-state index contributed by atoms with van der Waals surface area (Å²) in [6.45, 7) is 2.61. The second kappa shape index (κ2) is 6.76. The van der Waals surface area contributed by atoms with Crippen LogP contribution in [0.25, 0.3) is 11.0 Å². The van der Waals surface area contributed by atoms with Crippen molar-refractivity contribution in [1.82, 2.24) is 24.6 Å². The normalized spacial score (nSPS) is 12.4. The highest BCUT2D eigenvalue weighted by Gasteiger charge is 2.21. The zero-order valence-electron chi connectivity index (χ0n) is 14.6. The highest BCUT2D eigenvalue weighted by atomic mass is 32.1. The first kappa shape index (κ1) is 16.5. The van der Waals surface area contributed by atoms with E-state index in [9.17, 15) is 4.79 Å². The Balaban J connectivity index is 1.51. The Bertz CT molecular complexity index is 1030. The zero-order chi connectivity index (χ0) is 18.1. The molecule has 4 rings (SSSR count). The third kappa shape index (κ3) is 3.01. The van der Waals surface area contributed by atoms with Gasteiger partial charge in [-0.25, -0.2) is 4.98 Å². The Morgan fingerprint density at radius 2 is 2.15 bits per heavy atom. The maximum absolute atomic E-state index is 12.7. The maximum atomic E-state index is 12.7. The van der Waals surface area contributed by atoms with Gasteiger partial charge in [-0.2, -0.15) is 5.10 Å². The SMILES string of the molecule is C[C@H](c1cccs1)N(C)C(=O)c1cc(Cn2cnc3ccccc32)[nH]n1. The van der Waals surface area contributed by atoms with E-state index >= 15 is 0 Å². The molecule has 0 aliphatic rings. The fourth-order valence-electron chi connectivity index (χ4n) is 2.95. The number of nitrogens with one attached hydrogen (secondary N) is 1. The van der Waals surface area contributed by atoms with Gasteiger partial charge in [0.25, 0.3) is 5.91 Å². The van der Waals surface area contributed by atoms with Crippen LogP contribution >= 0.6 is 11.3 Å². The molecular formula is C19H19N5OS. The molecular weight excluding hydrogens is 346 g/mol. The van der Waals surface area contributed by atoms with Crippen LogP contribution in [0, 0.1) is 0 Å². The fourth-order valence-corrected chi connectivity index (χ4v) is 3.77. The number of nitrogens with zero attached hydrogens (tertiary/aromatic N) is 4. The number of fused-ring (bicyclic) bond motifs is 1. The molecule has 0 saturated carbocycles. The number of hydrogen-bond donors (Lipinski definition) is 1. The number of aromatic nitrogens is 4. The third-order valence-corrected chi connectivity index (χ3v) is 5.62. The summed E-state index contributed by atoms with van der Waals surface area (Å²) >= 11 is 1.65. The number of thiophene rings is 1. The minimum atomic E-state index is -0.0936. The van der Waals surface area contributed by atoms with E-state index in [0.29, 0.717) is 12.2 Å². The summed E-state index contributed by atoms with van der Waals surface area (Å²) in [5, 5.41) is 9.21. The van der Waals surface area contributed by atoms with E-state index < -0.39 is 0 Å². The van der Waals surface area contributed by atoms with E-state index in [0.717, 1.165) is 21.6 Å². The van der Waals surface area contributed by atoms with Gasteiger partial charge in [0.1, 0.15) is 5.69 Å². The van der Waals surface area contributed by atoms with Gasteiger partial charge >= 0.3 is 0 Å². The average Bonchev–Trinajstić information content (AvgIpc) is 3.41. The number of carbonyl (C=O) groups is 1. The Morgan fingerprint density at radius 3 is 2.96 bits per heavy atom. The molecule has 3 aromatic heterocycles. The molecule has 0 spiro atoms. The Morgan fingerprint density at radius 1 is 1.31 bits per heavy atom. The van der Waals surface area contributed by atoms with Crippen molar-refractivity contribution in [3.63, 3.8) is 0 Å². The first-order valence-electron chi connectivity index (χ1n) is 8.38. The second-order valence-corrected chi connectivity index (χ2v) is 7.23. The third-order valence-electron chi connectivity index (χ3n) is 4.57. The van der Waals surface area contributed by atoms with Crippen molar-refractivity contribution >= 4 is 28.3 Å². The van der Waals surface area contributed by atoms with Crippen LogP contribution in [0.3, 0.4) is 0 Å². The molecule has 1 N–H and O–H groups in total. The molecule has 6 nitrogen and oxygen atoms in total. The van der Waals surface area contributed by atoms with Gasteiger partial charge in [0, 0.05) is 11.9 Å². The van der Waals surface area contributed by atoms with Gasteiger partial charge in [0.15, 0.2) is 0 Å². The van der Waals surface area contributed by atoms with Crippen LogP contribution in [0.15, 0.2) is 54.2 Å². The van der Waals surface area contributed by atoms with Crippen LogP contribution < -0.4 is 0 Å². The monoisotopic (exact) mass is 365 g/mol. The van der Waals surface area contributed by atoms with Crippen LogP contribution in [0.1, 0.15) is 34.0 Å². The van der Waals surface area contributed by atoms with Crippen molar-refractivity contribution < 1.29 is 4.79 Å². The van der Waals surface area contributed by atoms with E-state index in [-0.39, 0.29) is 11.9 Å².